The number of nitrogens with one attached hydrogen (secondary N) is 2. The maximum absolute atomic E-state index is 12.6. The van der Waals surface area contributed by atoms with E-state index < -0.39 is 5.91 Å². The molecule has 0 aliphatic rings. The van der Waals surface area contributed by atoms with Crippen LogP contribution in [0.4, 0.5) is 5.69 Å². The van der Waals surface area contributed by atoms with Crippen molar-refractivity contribution in [3.8, 4) is 5.75 Å². The summed E-state index contributed by atoms with van der Waals surface area (Å²) in [6, 6.07) is 16.5. The van der Waals surface area contributed by atoms with Gasteiger partial charge in [-0.15, -0.1) is 0 Å². The van der Waals surface area contributed by atoms with Crippen molar-refractivity contribution in [3.05, 3.63) is 65.9 Å². The Kier molecular flexibility index (Phi) is 6.34. The minimum Gasteiger partial charge on any atom is -0.489 e. The molecule has 2 aromatic carbocycles. The topological polar surface area (TPSA) is 67.4 Å². The van der Waals surface area contributed by atoms with Gasteiger partial charge in [0.05, 0.1) is 11.8 Å². The highest BCUT2D eigenvalue weighted by Crippen LogP contribution is 2.25. The molecule has 0 radical (unpaired) electrons. The van der Waals surface area contributed by atoms with E-state index in [0.29, 0.717) is 11.4 Å². The summed E-state index contributed by atoms with van der Waals surface area (Å²) < 4.78 is 5.70. The Bertz CT molecular complexity index is 768. The number of para-hydroxylation sites is 2. The lowest BCUT2D eigenvalue weighted by Crippen LogP contribution is -2.29. The first-order valence-corrected chi connectivity index (χ1v) is 8.07. The summed E-state index contributed by atoms with van der Waals surface area (Å²) in [5, 5.41) is 5.37. The maximum Gasteiger partial charge on any atom is 0.272 e. The minimum atomic E-state index is -0.418. The van der Waals surface area contributed by atoms with Crippen LogP contribution < -0.4 is 15.4 Å². The largest absolute Gasteiger partial charge is 0.489 e. The molecule has 25 heavy (non-hydrogen) atoms. The summed E-state index contributed by atoms with van der Waals surface area (Å²) in [6.07, 6.45) is 1.61. The van der Waals surface area contributed by atoms with Crippen molar-refractivity contribution in [2.24, 2.45) is 0 Å². The van der Waals surface area contributed by atoms with Gasteiger partial charge >= 0.3 is 0 Å². The molecular formula is C20H22N2O3. The third-order valence-electron chi connectivity index (χ3n) is 3.16. The SMILES string of the molecule is CC(=O)N/C(=C\c1ccccc1)C(=O)Nc1ccccc1OC(C)C. The van der Waals surface area contributed by atoms with Crippen LogP contribution in [0.2, 0.25) is 0 Å². The Hall–Kier alpha value is -3.08. The monoisotopic (exact) mass is 338 g/mol. The first-order valence-electron chi connectivity index (χ1n) is 8.07. The number of ether oxygens (including phenoxy) is 1. The van der Waals surface area contributed by atoms with Crippen molar-refractivity contribution in [1.29, 1.82) is 0 Å². The van der Waals surface area contributed by atoms with Crippen LogP contribution in [0.5, 0.6) is 5.75 Å². The van der Waals surface area contributed by atoms with E-state index in [1.165, 1.54) is 6.92 Å². The number of benzene rings is 2. The van der Waals surface area contributed by atoms with E-state index in [1.807, 2.05) is 56.3 Å². The molecule has 0 atom stereocenters. The molecular weight excluding hydrogens is 316 g/mol. The Morgan fingerprint density at radius 1 is 1.00 bits per heavy atom. The predicted octanol–water partition coefficient (Wildman–Crippen LogP) is 3.59. The van der Waals surface area contributed by atoms with E-state index in [1.54, 1.807) is 18.2 Å². The standard InChI is InChI=1S/C20H22N2O3/c1-14(2)25-19-12-8-7-11-17(19)22-20(24)18(21-15(3)23)13-16-9-5-4-6-10-16/h4-14H,1-3H3,(H,21,23)(H,22,24)/b18-13-. The van der Waals surface area contributed by atoms with Crippen LogP contribution in [0, 0.1) is 0 Å². The fourth-order valence-electron chi connectivity index (χ4n) is 2.18. The minimum absolute atomic E-state index is 0.0206. The Labute approximate surface area is 147 Å². The van der Waals surface area contributed by atoms with Crippen LogP contribution in [-0.2, 0) is 9.59 Å². The molecule has 0 heterocycles. The summed E-state index contributed by atoms with van der Waals surface area (Å²) in [5.41, 5.74) is 1.52. The smallest absolute Gasteiger partial charge is 0.272 e. The maximum atomic E-state index is 12.6. The van der Waals surface area contributed by atoms with Crippen molar-refractivity contribution >= 4 is 23.6 Å². The third-order valence-corrected chi connectivity index (χ3v) is 3.16. The molecule has 5 nitrogen and oxygen atoms in total. The normalized spacial score (nSPS) is 11.1. The first kappa shape index (κ1) is 18.3. The van der Waals surface area contributed by atoms with Crippen molar-refractivity contribution in [2.75, 3.05) is 5.32 Å². The molecule has 130 valence electrons. The lowest BCUT2D eigenvalue weighted by atomic mass is 10.2. The van der Waals surface area contributed by atoms with Crippen LogP contribution in [0.3, 0.4) is 0 Å². The van der Waals surface area contributed by atoms with Crippen molar-refractivity contribution in [2.45, 2.75) is 26.9 Å². The highest BCUT2D eigenvalue weighted by Gasteiger charge is 2.14. The van der Waals surface area contributed by atoms with Crippen LogP contribution in [-0.4, -0.2) is 17.9 Å². The molecule has 2 aromatic rings. The van der Waals surface area contributed by atoms with Gasteiger partial charge in [0, 0.05) is 6.92 Å². The number of amides is 2. The average molecular weight is 338 g/mol. The van der Waals surface area contributed by atoms with Crippen molar-refractivity contribution in [1.82, 2.24) is 5.32 Å². The van der Waals surface area contributed by atoms with E-state index >= 15 is 0 Å². The molecule has 0 saturated carbocycles. The van der Waals surface area contributed by atoms with Crippen molar-refractivity contribution < 1.29 is 14.3 Å². The third kappa shape index (κ3) is 5.80. The van der Waals surface area contributed by atoms with Gasteiger partial charge in [0.2, 0.25) is 5.91 Å². The Morgan fingerprint density at radius 3 is 2.28 bits per heavy atom. The second kappa shape index (κ2) is 8.68. The molecule has 2 rings (SSSR count). The summed E-state index contributed by atoms with van der Waals surface area (Å²) in [6.45, 7) is 5.19. The molecule has 0 fully saturated rings. The molecule has 0 unspecified atom stereocenters. The number of carbonyl (C=O) groups is 2. The van der Waals surface area contributed by atoms with Gasteiger partial charge in [-0.2, -0.15) is 0 Å². The van der Waals surface area contributed by atoms with Crippen LogP contribution >= 0.6 is 0 Å². The zero-order chi connectivity index (χ0) is 18.2. The quantitative estimate of drug-likeness (QED) is 0.791. The van der Waals surface area contributed by atoms with Gasteiger partial charge in [-0.3, -0.25) is 9.59 Å². The summed E-state index contributed by atoms with van der Waals surface area (Å²) in [7, 11) is 0. The average Bonchev–Trinajstić information content (AvgIpc) is 2.56. The van der Waals surface area contributed by atoms with E-state index in [9.17, 15) is 9.59 Å². The summed E-state index contributed by atoms with van der Waals surface area (Å²) in [4.78, 5) is 24.1. The van der Waals surface area contributed by atoms with Crippen LogP contribution in [0.1, 0.15) is 26.3 Å². The van der Waals surface area contributed by atoms with Gasteiger partial charge in [-0.1, -0.05) is 42.5 Å². The van der Waals surface area contributed by atoms with Gasteiger partial charge in [0.15, 0.2) is 0 Å². The Morgan fingerprint density at radius 2 is 1.64 bits per heavy atom. The number of anilines is 1. The molecule has 2 amide bonds. The molecule has 0 aliphatic carbocycles. The molecule has 5 heteroatoms. The molecule has 2 N–H and O–H groups in total. The van der Waals surface area contributed by atoms with Gasteiger partial charge in [0.1, 0.15) is 11.4 Å². The summed E-state index contributed by atoms with van der Waals surface area (Å²) in [5.74, 6) is -0.157. The molecule has 0 spiro atoms. The summed E-state index contributed by atoms with van der Waals surface area (Å²) >= 11 is 0. The second-order valence-electron chi connectivity index (χ2n) is 5.77. The van der Waals surface area contributed by atoms with E-state index in [2.05, 4.69) is 10.6 Å². The van der Waals surface area contributed by atoms with Gasteiger partial charge in [-0.25, -0.2) is 0 Å². The second-order valence-corrected chi connectivity index (χ2v) is 5.77. The molecule has 0 bridgehead atoms. The van der Waals surface area contributed by atoms with Crippen molar-refractivity contribution in [3.63, 3.8) is 0 Å². The van der Waals surface area contributed by atoms with Gasteiger partial charge in [0.25, 0.3) is 5.91 Å². The van der Waals surface area contributed by atoms with Crippen LogP contribution in [0.25, 0.3) is 6.08 Å². The van der Waals surface area contributed by atoms with Crippen LogP contribution in [0.15, 0.2) is 60.3 Å². The number of carbonyl (C=O) groups excluding carboxylic acids is 2. The Balaban J connectivity index is 2.26. The van der Waals surface area contributed by atoms with E-state index in [4.69, 9.17) is 4.74 Å². The zero-order valence-electron chi connectivity index (χ0n) is 14.6. The van der Waals surface area contributed by atoms with Gasteiger partial charge < -0.3 is 15.4 Å². The molecule has 0 saturated heterocycles. The first-order chi connectivity index (χ1) is 12.0. The molecule has 0 aliphatic heterocycles. The van der Waals surface area contributed by atoms with E-state index in [-0.39, 0.29) is 17.7 Å². The fraction of sp³-hybridized carbons (Fsp3) is 0.200. The lowest BCUT2D eigenvalue weighted by Gasteiger charge is -2.15. The number of hydrogen-bond donors (Lipinski definition) is 2. The fourth-order valence-corrected chi connectivity index (χ4v) is 2.18. The predicted molar refractivity (Wildman–Crippen MR) is 99.1 cm³/mol. The van der Waals surface area contributed by atoms with E-state index in [0.717, 1.165) is 5.56 Å². The number of rotatable bonds is 6. The highest BCUT2D eigenvalue weighted by molar-refractivity contribution is 6.09. The zero-order valence-corrected chi connectivity index (χ0v) is 14.6. The van der Waals surface area contributed by atoms with Gasteiger partial charge in [-0.05, 0) is 37.6 Å². The number of hydrogen-bond acceptors (Lipinski definition) is 3. The lowest BCUT2D eigenvalue weighted by molar-refractivity contribution is -0.120. The highest BCUT2D eigenvalue weighted by atomic mass is 16.5. The molecule has 0 aromatic heterocycles.